The summed E-state index contributed by atoms with van der Waals surface area (Å²) in [5, 5.41) is 15.7. The molecule has 0 unspecified atom stereocenters. The van der Waals surface area contributed by atoms with Gasteiger partial charge in [0.15, 0.2) is 0 Å². The number of benzene rings is 2. The standard InChI is InChI=1S/C13H9Cl2N3O2/c14-10-6-5-9(11(15)7-10)8-16-17-12-3-1-2-4-13(12)18(19)20/h1-8,17H/b16-8+. The van der Waals surface area contributed by atoms with Gasteiger partial charge in [-0.2, -0.15) is 5.10 Å². The fourth-order valence-corrected chi connectivity index (χ4v) is 1.96. The molecule has 0 spiro atoms. The van der Waals surface area contributed by atoms with Crippen LogP contribution in [0.3, 0.4) is 0 Å². The second kappa shape index (κ2) is 6.36. The minimum atomic E-state index is -0.479. The van der Waals surface area contributed by atoms with Crippen molar-refractivity contribution in [2.24, 2.45) is 5.10 Å². The molecule has 0 radical (unpaired) electrons. The first-order valence-electron chi connectivity index (χ1n) is 5.55. The molecule has 0 fully saturated rings. The molecule has 0 aliphatic rings. The normalized spacial score (nSPS) is 10.7. The third-order valence-corrected chi connectivity index (χ3v) is 3.01. The number of hydrogen-bond donors (Lipinski definition) is 1. The minimum absolute atomic E-state index is 0.0492. The largest absolute Gasteiger partial charge is 0.294 e. The van der Waals surface area contributed by atoms with E-state index in [9.17, 15) is 10.1 Å². The molecule has 2 aromatic carbocycles. The van der Waals surface area contributed by atoms with Gasteiger partial charge in [-0.15, -0.1) is 0 Å². The number of hydrogen-bond acceptors (Lipinski definition) is 4. The molecule has 0 saturated heterocycles. The zero-order chi connectivity index (χ0) is 14.5. The van der Waals surface area contributed by atoms with Crippen LogP contribution < -0.4 is 5.43 Å². The fraction of sp³-hybridized carbons (Fsp3) is 0. The number of hydrazone groups is 1. The van der Waals surface area contributed by atoms with Crippen LogP contribution in [-0.2, 0) is 0 Å². The van der Waals surface area contributed by atoms with E-state index in [4.69, 9.17) is 23.2 Å². The van der Waals surface area contributed by atoms with Gasteiger partial charge in [-0.25, -0.2) is 0 Å². The van der Waals surface area contributed by atoms with Gasteiger partial charge in [0.1, 0.15) is 5.69 Å². The van der Waals surface area contributed by atoms with Crippen molar-refractivity contribution in [1.82, 2.24) is 0 Å². The van der Waals surface area contributed by atoms with Gasteiger partial charge in [0.05, 0.1) is 16.2 Å². The Bertz CT molecular complexity index is 674. The van der Waals surface area contributed by atoms with E-state index in [1.165, 1.54) is 12.3 Å². The van der Waals surface area contributed by atoms with Crippen LogP contribution in [0, 0.1) is 10.1 Å². The van der Waals surface area contributed by atoms with Crippen molar-refractivity contribution >= 4 is 40.8 Å². The zero-order valence-electron chi connectivity index (χ0n) is 10.1. The molecule has 5 nitrogen and oxygen atoms in total. The van der Waals surface area contributed by atoms with Crippen LogP contribution in [0.25, 0.3) is 0 Å². The van der Waals surface area contributed by atoms with Gasteiger partial charge in [0.25, 0.3) is 5.69 Å². The van der Waals surface area contributed by atoms with E-state index in [1.807, 2.05) is 0 Å². The zero-order valence-corrected chi connectivity index (χ0v) is 11.6. The second-order valence-corrected chi connectivity index (χ2v) is 4.65. The Kier molecular flexibility index (Phi) is 4.55. The average molecular weight is 310 g/mol. The maximum atomic E-state index is 10.8. The SMILES string of the molecule is O=[N+]([O-])c1ccccc1N/N=C/c1ccc(Cl)cc1Cl. The summed E-state index contributed by atoms with van der Waals surface area (Å²) in [5.74, 6) is 0. The summed E-state index contributed by atoms with van der Waals surface area (Å²) in [7, 11) is 0. The molecule has 1 N–H and O–H groups in total. The van der Waals surface area contributed by atoms with Crippen molar-refractivity contribution in [1.29, 1.82) is 0 Å². The Hall–Kier alpha value is -2.11. The number of nitro benzene ring substituents is 1. The van der Waals surface area contributed by atoms with Crippen LogP contribution in [0.2, 0.25) is 10.0 Å². The highest BCUT2D eigenvalue weighted by Gasteiger charge is 2.10. The lowest BCUT2D eigenvalue weighted by Crippen LogP contribution is -1.96. The molecule has 0 saturated carbocycles. The van der Waals surface area contributed by atoms with E-state index in [0.717, 1.165) is 0 Å². The van der Waals surface area contributed by atoms with E-state index in [-0.39, 0.29) is 5.69 Å². The Morgan fingerprint density at radius 1 is 1.20 bits per heavy atom. The van der Waals surface area contributed by atoms with Crippen molar-refractivity contribution in [2.75, 3.05) is 5.43 Å². The molecule has 0 aliphatic carbocycles. The number of para-hydroxylation sites is 2. The maximum absolute atomic E-state index is 10.8. The predicted molar refractivity (Wildman–Crippen MR) is 80.8 cm³/mol. The molecule has 2 aromatic rings. The number of nitrogens with one attached hydrogen (secondary N) is 1. The fourth-order valence-electron chi connectivity index (χ4n) is 1.50. The third-order valence-electron chi connectivity index (χ3n) is 2.45. The molecule has 0 amide bonds. The van der Waals surface area contributed by atoms with E-state index in [0.29, 0.717) is 21.3 Å². The van der Waals surface area contributed by atoms with E-state index in [2.05, 4.69) is 10.5 Å². The predicted octanol–water partition coefficient (Wildman–Crippen LogP) is 4.35. The number of nitrogens with zero attached hydrogens (tertiary/aromatic N) is 2. The number of nitro groups is 1. The minimum Gasteiger partial charge on any atom is -0.272 e. The van der Waals surface area contributed by atoms with Gasteiger partial charge < -0.3 is 0 Å². The van der Waals surface area contributed by atoms with Gasteiger partial charge in [-0.05, 0) is 18.2 Å². The van der Waals surface area contributed by atoms with Gasteiger partial charge >= 0.3 is 0 Å². The topological polar surface area (TPSA) is 67.5 Å². The molecular formula is C13H9Cl2N3O2. The van der Waals surface area contributed by atoms with Crippen LogP contribution in [-0.4, -0.2) is 11.1 Å². The quantitative estimate of drug-likeness (QED) is 0.518. The van der Waals surface area contributed by atoms with Crippen molar-refractivity contribution in [3.63, 3.8) is 0 Å². The van der Waals surface area contributed by atoms with Crippen LogP contribution in [0.1, 0.15) is 5.56 Å². The van der Waals surface area contributed by atoms with Crippen LogP contribution >= 0.6 is 23.2 Å². The second-order valence-electron chi connectivity index (χ2n) is 3.81. The molecule has 2 rings (SSSR count). The number of rotatable bonds is 4. The van der Waals surface area contributed by atoms with E-state index in [1.54, 1.807) is 36.4 Å². The smallest absolute Gasteiger partial charge is 0.272 e. The highest BCUT2D eigenvalue weighted by atomic mass is 35.5. The molecular weight excluding hydrogens is 301 g/mol. The molecule has 0 bridgehead atoms. The van der Waals surface area contributed by atoms with Gasteiger partial charge in [0, 0.05) is 16.7 Å². The summed E-state index contributed by atoms with van der Waals surface area (Å²) in [6.45, 7) is 0. The first kappa shape index (κ1) is 14.3. The number of anilines is 1. The molecule has 0 aromatic heterocycles. The highest BCUT2D eigenvalue weighted by molar-refractivity contribution is 6.36. The Balaban J connectivity index is 2.16. The lowest BCUT2D eigenvalue weighted by molar-refractivity contribution is -0.384. The summed E-state index contributed by atoms with van der Waals surface area (Å²) < 4.78 is 0. The van der Waals surface area contributed by atoms with Crippen LogP contribution in [0.15, 0.2) is 47.6 Å². The van der Waals surface area contributed by atoms with Gasteiger partial charge in [0.2, 0.25) is 0 Å². The lowest BCUT2D eigenvalue weighted by Gasteiger charge is -2.02. The Morgan fingerprint density at radius 3 is 2.65 bits per heavy atom. The summed E-state index contributed by atoms with van der Waals surface area (Å²) in [6, 6.07) is 11.2. The van der Waals surface area contributed by atoms with E-state index < -0.39 is 4.92 Å². The molecule has 0 atom stereocenters. The molecule has 0 aliphatic heterocycles. The van der Waals surface area contributed by atoms with E-state index >= 15 is 0 Å². The molecule has 7 heteroatoms. The van der Waals surface area contributed by atoms with Crippen molar-refractivity contribution in [3.05, 3.63) is 68.2 Å². The van der Waals surface area contributed by atoms with Crippen LogP contribution in [0.4, 0.5) is 11.4 Å². The summed E-state index contributed by atoms with van der Waals surface area (Å²) in [5.41, 5.74) is 3.53. The average Bonchev–Trinajstić information content (AvgIpc) is 2.41. The van der Waals surface area contributed by atoms with Crippen molar-refractivity contribution < 1.29 is 4.92 Å². The first-order chi connectivity index (χ1) is 9.58. The van der Waals surface area contributed by atoms with Crippen molar-refractivity contribution in [3.8, 4) is 0 Å². The van der Waals surface area contributed by atoms with Crippen molar-refractivity contribution in [2.45, 2.75) is 0 Å². The Morgan fingerprint density at radius 2 is 1.95 bits per heavy atom. The Labute approximate surface area is 125 Å². The monoisotopic (exact) mass is 309 g/mol. The van der Waals surface area contributed by atoms with Gasteiger partial charge in [-0.3, -0.25) is 15.5 Å². The molecule has 0 heterocycles. The lowest BCUT2D eigenvalue weighted by atomic mass is 10.2. The first-order valence-corrected chi connectivity index (χ1v) is 6.31. The summed E-state index contributed by atoms with van der Waals surface area (Å²) in [4.78, 5) is 10.3. The highest BCUT2D eigenvalue weighted by Crippen LogP contribution is 2.23. The molecule has 20 heavy (non-hydrogen) atoms. The maximum Gasteiger partial charge on any atom is 0.294 e. The van der Waals surface area contributed by atoms with Crippen LogP contribution in [0.5, 0.6) is 0 Å². The third kappa shape index (κ3) is 3.46. The summed E-state index contributed by atoms with van der Waals surface area (Å²) in [6.07, 6.45) is 1.47. The number of halogens is 2. The van der Waals surface area contributed by atoms with Gasteiger partial charge in [-0.1, -0.05) is 41.4 Å². The summed E-state index contributed by atoms with van der Waals surface area (Å²) >= 11 is 11.8. The molecule has 102 valence electrons.